The van der Waals surface area contributed by atoms with Crippen LogP contribution in [0.3, 0.4) is 0 Å². The van der Waals surface area contributed by atoms with Gasteiger partial charge in [0, 0.05) is 11.2 Å². The maximum atomic E-state index is 10.8. The zero-order valence-corrected chi connectivity index (χ0v) is 11.4. The molecule has 4 nitrogen and oxygen atoms in total. The molecule has 0 saturated carbocycles. The second kappa shape index (κ2) is 8.75. The summed E-state index contributed by atoms with van der Waals surface area (Å²) in [4.78, 5) is 21.0. The van der Waals surface area contributed by atoms with E-state index in [1.54, 1.807) is 24.3 Å². The molecule has 5 heteroatoms. The molecule has 1 amide bonds. The molecule has 17 heavy (non-hydrogen) atoms. The molecule has 1 aromatic carbocycles. The molecule has 1 rings (SSSR count). The number of nitrogens with two attached hydrogens (primary N) is 1. The first-order valence-electron chi connectivity index (χ1n) is 5.03. The van der Waals surface area contributed by atoms with Crippen LogP contribution in [-0.4, -0.2) is 23.8 Å². The zero-order valence-electron chi connectivity index (χ0n) is 9.85. The summed E-state index contributed by atoms with van der Waals surface area (Å²) in [6.45, 7) is 1.88. The van der Waals surface area contributed by atoms with Crippen LogP contribution in [-0.2, 0) is 9.53 Å². The van der Waals surface area contributed by atoms with Gasteiger partial charge in [-0.05, 0) is 12.1 Å². The second-order valence-electron chi connectivity index (χ2n) is 3.31. The SMILES string of the molecule is CC(Br)CC(N)=O.COC(=O)c1ccccc1. The number of halogens is 1. The Balaban J connectivity index is 0.000000325. The van der Waals surface area contributed by atoms with Crippen molar-refractivity contribution in [1.29, 1.82) is 0 Å². The summed E-state index contributed by atoms with van der Waals surface area (Å²) in [7, 11) is 1.37. The standard InChI is InChI=1S/C8H8O2.C4H8BrNO/c1-10-8(9)7-5-3-2-4-6-7;1-3(5)2-4(6)7/h2-6H,1H3;3H,2H2,1H3,(H2,6,7). The van der Waals surface area contributed by atoms with Gasteiger partial charge in [0.25, 0.3) is 0 Å². The number of carbonyl (C=O) groups is 2. The smallest absolute Gasteiger partial charge is 0.337 e. The number of amides is 1. The summed E-state index contributed by atoms with van der Waals surface area (Å²) in [5, 5.41) is 0. The van der Waals surface area contributed by atoms with Gasteiger partial charge in [-0.1, -0.05) is 41.1 Å². The molecule has 0 spiro atoms. The van der Waals surface area contributed by atoms with E-state index in [0.29, 0.717) is 12.0 Å². The van der Waals surface area contributed by atoms with Gasteiger partial charge in [0.2, 0.25) is 5.91 Å². The van der Waals surface area contributed by atoms with Gasteiger partial charge in [-0.15, -0.1) is 0 Å². The van der Waals surface area contributed by atoms with E-state index in [4.69, 9.17) is 5.73 Å². The van der Waals surface area contributed by atoms with Crippen molar-refractivity contribution in [3.05, 3.63) is 35.9 Å². The van der Waals surface area contributed by atoms with Crippen LogP contribution in [0.1, 0.15) is 23.7 Å². The van der Waals surface area contributed by atoms with Crippen LogP contribution < -0.4 is 5.73 Å². The normalized spacial score (nSPS) is 10.8. The van der Waals surface area contributed by atoms with Crippen molar-refractivity contribution in [3.8, 4) is 0 Å². The van der Waals surface area contributed by atoms with Gasteiger partial charge in [-0.3, -0.25) is 4.79 Å². The minimum absolute atomic E-state index is 0.213. The molecule has 0 bridgehead atoms. The predicted molar refractivity (Wildman–Crippen MR) is 70.0 cm³/mol. The Labute approximate surface area is 109 Å². The van der Waals surface area contributed by atoms with Crippen LogP contribution in [0.2, 0.25) is 0 Å². The third kappa shape index (κ3) is 8.45. The number of esters is 1. The fraction of sp³-hybridized carbons (Fsp3) is 0.333. The van der Waals surface area contributed by atoms with Crippen molar-refractivity contribution in [3.63, 3.8) is 0 Å². The Morgan fingerprint density at radius 1 is 1.35 bits per heavy atom. The van der Waals surface area contributed by atoms with Gasteiger partial charge in [-0.2, -0.15) is 0 Å². The lowest BCUT2D eigenvalue weighted by Crippen LogP contribution is -2.13. The van der Waals surface area contributed by atoms with Gasteiger partial charge in [-0.25, -0.2) is 4.79 Å². The highest BCUT2D eigenvalue weighted by atomic mass is 79.9. The van der Waals surface area contributed by atoms with E-state index in [-0.39, 0.29) is 16.7 Å². The van der Waals surface area contributed by atoms with E-state index in [0.717, 1.165) is 0 Å². The quantitative estimate of drug-likeness (QED) is 0.687. The zero-order chi connectivity index (χ0) is 13.3. The number of methoxy groups -OCH3 is 1. The first-order chi connectivity index (χ1) is 7.97. The number of hydrogen-bond acceptors (Lipinski definition) is 3. The van der Waals surface area contributed by atoms with Crippen molar-refractivity contribution in [2.24, 2.45) is 5.73 Å². The minimum atomic E-state index is -0.291. The van der Waals surface area contributed by atoms with Crippen molar-refractivity contribution in [2.75, 3.05) is 7.11 Å². The Morgan fingerprint density at radius 2 is 1.88 bits per heavy atom. The summed E-state index contributed by atoms with van der Waals surface area (Å²) < 4.78 is 4.50. The summed E-state index contributed by atoms with van der Waals surface area (Å²) in [6.07, 6.45) is 0.417. The first kappa shape index (κ1) is 15.6. The lowest BCUT2D eigenvalue weighted by molar-refractivity contribution is -0.117. The number of primary amides is 1. The maximum absolute atomic E-state index is 10.8. The molecule has 0 fully saturated rings. The fourth-order valence-corrected chi connectivity index (χ4v) is 1.29. The highest BCUT2D eigenvalue weighted by Gasteiger charge is 2.00. The predicted octanol–water partition coefficient (Wildman–Crippen LogP) is 2.12. The van der Waals surface area contributed by atoms with E-state index in [2.05, 4.69) is 20.7 Å². The van der Waals surface area contributed by atoms with Crippen molar-refractivity contribution in [2.45, 2.75) is 18.2 Å². The number of hydrogen-bond donors (Lipinski definition) is 1. The minimum Gasteiger partial charge on any atom is -0.465 e. The summed E-state index contributed by atoms with van der Waals surface area (Å²) in [5.74, 6) is -0.551. The molecule has 1 atom stereocenters. The van der Waals surface area contributed by atoms with Gasteiger partial charge >= 0.3 is 5.97 Å². The average Bonchev–Trinajstić information content (AvgIpc) is 2.28. The van der Waals surface area contributed by atoms with Gasteiger partial charge in [0.05, 0.1) is 12.7 Å². The Hall–Kier alpha value is -1.36. The molecule has 0 aliphatic carbocycles. The number of ether oxygens (including phenoxy) is 1. The van der Waals surface area contributed by atoms with Crippen LogP contribution in [0.25, 0.3) is 0 Å². The Kier molecular flexibility index (Phi) is 8.05. The van der Waals surface area contributed by atoms with Crippen molar-refractivity contribution >= 4 is 27.8 Å². The number of rotatable bonds is 3. The highest BCUT2D eigenvalue weighted by molar-refractivity contribution is 9.09. The molecule has 0 aliphatic rings. The molecule has 0 radical (unpaired) electrons. The molecule has 1 aromatic rings. The van der Waals surface area contributed by atoms with Crippen molar-refractivity contribution < 1.29 is 14.3 Å². The van der Waals surface area contributed by atoms with E-state index < -0.39 is 0 Å². The number of carbonyl (C=O) groups excluding carboxylic acids is 2. The fourth-order valence-electron chi connectivity index (χ4n) is 0.969. The summed E-state index contributed by atoms with van der Waals surface area (Å²) in [6, 6.07) is 8.88. The summed E-state index contributed by atoms with van der Waals surface area (Å²) in [5.41, 5.74) is 5.41. The average molecular weight is 302 g/mol. The van der Waals surface area contributed by atoms with E-state index in [9.17, 15) is 9.59 Å². The number of benzene rings is 1. The van der Waals surface area contributed by atoms with E-state index >= 15 is 0 Å². The van der Waals surface area contributed by atoms with E-state index in [1.807, 2.05) is 13.0 Å². The van der Waals surface area contributed by atoms with Crippen LogP contribution in [0.5, 0.6) is 0 Å². The monoisotopic (exact) mass is 301 g/mol. The van der Waals surface area contributed by atoms with Gasteiger partial charge in [0.1, 0.15) is 0 Å². The van der Waals surface area contributed by atoms with Crippen LogP contribution in [0, 0.1) is 0 Å². The Morgan fingerprint density at radius 3 is 2.18 bits per heavy atom. The van der Waals surface area contributed by atoms with Crippen molar-refractivity contribution in [1.82, 2.24) is 0 Å². The molecule has 0 aromatic heterocycles. The lowest BCUT2D eigenvalue weighted by atomic mass is 10.2. The van der Waals surface area contributed by atoms with Crippen LogP contribution in [0.4, 0.5) is 0 Å². The first-order valence-corrected chi connectivity index (χ1v) is 5.94. The largest absolute Gasteiger partial charge is 0.465 e. The lowest BCUT2D eigenvalue weighted by Gasteiger charge is -1.95. The molecular formula is C12H16BrNO3. The molecular weight excluding hydrogens is 286 g/mol. The molecule has 1 unspecified atom stereocenters. The molecule has 0 aliphatic heterocycles. The Bertz CT molecular complexity index is 352. The molecule has 0 saturated heterocycles. The molecule has 94 valence electrons. The second-order valence-corrected chi connectivity index (χ2v) is 4.87. The van der Waals surface area contributed by atoms with Crippen LogP contribution >= 0.6 is 15.9 Å². The third-order valence-electron chi connectivity index (χ3n) is 1.68. The highest BCUT2D eigenvalue weighted by Crippen LogP contribution is 2.00. The summed E-state index contributed by atoms with van der Waals surface area (Å²) >= 11 is 3.17. The topological polar surface area (TPSA) is 69.4 Å². The van der Waals surface area contributed by atoms with Gasteiger partial charge < -0.3 is 10.5 Å². The van der Waals surface area contributed by atoms with Crippen LogP contribution in [0.15, 0.2) is 30.3 Å². The molecule has 0 heterocycles. The number of alkyl halides is 1. The third-order valence-corrected chi connectivity index (χ3v) is 2.00. The van der Waals surface area contributed by atoms with Gasteiger partial charge in [0.15, 0.2) is 0 Å². The van der Waals surface area contributed by atoms with E-state index in [1.165, 1.54) is 7.11 Å². The molecule has 2 N–H and O–H groups in total. The maximum Gasteiger partial charge on any atom is 0.337 e.